The highest BCUT2D eigenvalue weighted by molar-refractivity contribution is 5.85. The summed E-state index contributed by atoms with van der Waals surface area (Å²) >= 11 is 0. The normalized spacial score (nSPS) is 12.0. The number of esters is 2. The Bertz CT molecular complexity index is 715. The van der Waals surface area contributed by atoms with Crippen molar-refractivity contribution in [2.75, 3.05) is 0 Å². The van der Waals surface area contributed by atoms with E-state index in [1.54, 1.807) is 0 Å². The zero-order chi connectivity index (χ0) is 31.3. The summed E-state index contributed by atoms with van der Waals surface area (Å²) in [6, 6.07) is 0. The van der Waals surface area contributed by atoms with E-state index in [2.05, 4.69) is 62.5 Å². The largest absolute Gasteiger partial charge is 0.393 e. The van der Waals surface area contributed by atoms with Crippen molar-refractivity contribution in [3.63, 3.8) is 0 Å². The first kappa shape index (κ1) is 41.1. The summed E-state index contributed by atoms with van der Waals surface area (Å²) in [5.74, 6) is -0.739. The van der Waals surface area contributed by atoms with E-state index in [9.17, 15) is 9.59 Å². The van der Waals surface area contributed by atoms with Gasteiger partial charge in [0.2, 0.25) is 0 Å². The smallest absolute Gasteiger partial charge is 0.313 e. The fourth-order valence-electron chi connectivity index (χ4n) is 5.15. The summed E-state index contributed by atoms with van der Waals surface area (Å²) in [6.07, 6.45) is 50.2. The van der Waals surface area contributed by atoms with Crippen LogP contribution in [0.25, 0.3) is 0 Å². The van der Waals surface area contributed by atoms with E-state index in [0.29, 0.717) is 12.8 Å². The van der Waals surface area contributed by atoms with E-state index in [1.807, 2.05) is 0 Å². The second kappa shape index (κ2) is 36.3. The summed E-state index contributed by atoms with van der Waals surface area (Å²) in [6.45, 7) is 4.52. The lowest BCUT2D eigenvalue weighted by Gasteiger charge is -2.04. The monoisotopic (exact) mass is 599 g/mol. The predicted molar refractivity (Wildman–Crippen MR) is 188 cm³/mol. The van der Waals surface area contributed by atoms with Crippen molar-refractivity contribution in [2.45, 2.75) is 194 Å². The van der Waals surface area contributed by atoms with Gasteiger partial charge in [-0.05, 0) is 51.4 Å². The van der Waals surface area contributed by atoms with E-state index < -0.39 is 0 Å². The first-order chi connectivity index (χ1) is 21.2. The lowest BCUT2D eigenvalue weighted by molar-refractivity contribution is -0.159. The second-order valence-electron chi connectivity index (χ2n) is 12.2. The Balaban J connectivity index is 3.44. The molecule has 0 N–H and O–H groups in total. The minimum Gasteiger partial charge on any atom is -0.393 e. The lowest BCUT2D eigenvalue weighted by atomic mass is 10.0. The molecule has 3 nitrogen and oxygen atoms in total. The van der Waals surface area contributed by atoms with E-state index in [4.69, 9.17) is 4.74 Å². The molecule has 0 aliphatic carbocycles. The minimum absolute atomic E-state index is 0.308. The van der Waals surface area contributed by atoms with Gasteiger partial charge in [-0.3, -0.25) is 9.59 Å². The zero-order valence-corrected chi connectivity index (χ0v) is 28.6. The molecular formula is C40H70O3. The molecule has 248 valence electrons. The summed E-state index contributed by atoms with van der Waals surface area (Å²) in [7, 11) is 0. The number of rotatable bonds is 32. The molecule has 0 aromatic heterocycles. The number of carbonyl (C=O) groups excluding carboxylic acids is 2. The minimum atomic E-state index is -0.382. The standard InChI is InChI=1S/C40H70O3/c1-3-5-7-9-11-13-15-17-19-21-23-25-27-29-31-33-35-37-39(41)43-40(42)38-36-34-32-30-28-26-24-22-20-18-16-14-12-10-8-6-4-2/h11,13,17,19,23,25,29,31H,3-10,12,14-16,18,20-22,24,26-28,30,32-38H2,1-2H3/b13-11-,19-17-,25-23-,31-29-. The number of unbranched alkanes of at least 4 members (excludes halogenated alkanes) is 20. The van der Waals surface area contributed by atoms with Crippen LogP contribution in [0.3, 0.4) is 0 Å². The SMILES string of the molecule is CCCCC/C=C\C/C=C\C/C=C\C/C=C\CCCC(=O)OC(=O)CCCCCCCCCCCCCCCCCCC. The van der Waals surface area contributed by atoms with Crippen LogP contribution >= 0.6 is 0 Å². The van der Waals surface area contributed by atoms with Crippen molar-refractivity contribution in [3.05, 3.63) is 48.6 Å². The van der Waals surface area contributed by atoms with E-state index in [-0.39, 0.29) is 11.9 Å². The van der Waals surface area contributed by atoms with Gasteiger partial charge in [-0.25, -0.2) is 0 Å². The fraction of sp³-hybridized carbons (Fsp3) is 0.750. The van der Waals surface area contributed by atoms with Gasteiger partial charge < -0.3 is 4.74 Å². The molecule has 0 aliphatic heterocycles. The Morgan fingerprint density at radius 1 is 0.372 bits per heavy atom. The van der Waals surface area contributed by atoms with Crippen LogP contribution in [-0.4, -0.2) is 11.9 Å². The zero-order valence-electron chi connectivity index (χ0n) is 28.6. The summed E-state index contributed by atoms with van der Waals surface area (Å²) in [5, 5.41) is 0. The van der Waals surface area contributed by atoms with Crippen LogP contribution in [0, 0.1) is 0 Å². The Morgan fingerprint density at radius 3 is 1.09 bits per heavy atom. The third kappa shape index (κ3) is 36.2. The lowest BCUT2D eigenvalue weighted by Crippen LogP contribution is -2.11. The van der Waals surface area contributed by atoms with Crippen LogP contribution in [0.1, 0.15) is 194 Å². The van der Waals surface area contributed by atoms with Crippen LogP contribution in [0.15, 0.2) is 48.6 Å². The summed E-state index contributed by atoms with van der Waals surface area (Å²) < 4.78 is 4.98. The number of hydrogen-bond donors (Lipinski definition) is 0. The number of hydrogen-bond acceptors (Lipinski definition) is 3. The molecule has 0 aromatic carbocycles. The van der Waals surface area contributed by atoms with Crippen LogP contribution in [-0.2, 0) is 14.3 Å². The van der Waals surface area contributed by atoms with Gasteiger partial charge in [0.25, 0.3) is 0 Å². The van der Waals surface area contributed by atoms with Gasteiger partial charge in [0.1, 0.15) is 0 Å². The molecule has 0 heterocycles. The summed E-state index contributed by atoms with van der Waals surface area (Å²) in [4.78, 5) is 23.8. The Morgan fingerprint density at radius 2 is 0.674 bits per heavy atom. The van der Waals surface area contributed by atoms with Gasteiger partial charge in [0.15, 0.2) is 0 Å². The van der Waals surface area contributed by atoms with Crippen LogP contribution in [0.4, 0.5) is 0 Å². The second-order valence-corrected chi connectivity index (χ2v) is 12.2. The van der Waals surface area contributed by atoms with Crippen molar-refractivity contribution >= 4 is 11.9 Å². The number of ether oxygens (including phenoxy) is 1. The van der Waals surface area contributed by atoms with E-state index in [0.717, 1.165) is 44.9 Å². The quantitative estimate of drug-likeness (QED) is 0.0335. The van der Waals surface area contributed by atoms with Gasteiger partial charge in [0, 0.05) is 12.8 Å². The van der Waals surface area contributed by atoms with Gasteiger partial charge in [-0.1, -0.05) is 178 Å². The van der Waals surface area contributed by atoms with Gasteiger partial charge in [-0.15, -0.1) is 0 Å². The fourth-order valence-corrected chi connectivity index (χ4v) is 5.15. The first-order valence-corrected chi connectivity index (χ1v) is 18.5. The molecule has 0 saturated heterocycles. The Kier molecular flexibility index (Phi) is 34.7. The average Bonchev–Trinajstić information content (AvgIpc) is 3.00. The molecule has 0 aliphatic rings. The molecule has 0 fully saturated rings. The molecule has 0 amide bonds. The van der Waals surface area contributed by atoms with Crippen LogP contribution in [0.5, 0.6) is 0 Å². The molecule has 43 heavy (non-hydrogen) atoms. The van der Waals surface area contributed by atoms with Crippen molar-refractivity contribution in [1.29, 1.82) is 0 Å². The molecular weight excluding hydrogens is 528 g/mol. The van der Waals surface area contributed by atoms with Gasteiger partial charge in [-0.2, -0.15) is 0 Å². The summed E-state index contributed by atoms with van der Waals surface area (Å²) in [5.41, 5.74) is 0. The highest BCUT2D eigenvalue weighted by Gasteiger charge is 2.09. The van der Waals surface area contributed by atoms with Gasteiger partial charge in [0.05, 0.1) is 0 Å². The maximum Gasteiger partial charge on any atom is 0.313 e. The van der Waals surface area contributed by atoms with Gasteiger partial charge >= 0.3 is 11.9 Å². The molecule has 0 bridgehead atoms. The molecule has 3 heteroatoms. The highest BCUT2D eigenvalue weighted by Crippen LogP contribution is 2.14. The Labute approximate surface area is 268 Å². The third-order valence-electron chi connectivity index (χ3n) is 7.92. The molecule has 0 aromatic rings. The van der Waals surface area contributed by atoms with E-state index in [1.165, 1.54) is 122 Å². The van der Waals surface area contributed by atoms with Crippen molar-refractivity contribution in [3.8, 4) is 0 Å². The first-order valence-electron chi connectivity index (χ1n) is 18.5. The maximum absolute atomic E-state index is 11.9. The maximum atomic E-state index is 11.9. The van der Waals surface area contributed by atoms with Crippen molar-refractivity contribution < 1.29 is 14.3 Å². The van der Waals surface area contributed by atoms with E-state index >= 15 is 0 Å². The molecule has 0 rings (SSSR count). The molecule has 0 radical (unpaired) electrons. The molecule has 0 unspecified atom stereocenters. The van der Waals surface area contributed by atoms with Crippen LogP contribution < -0.4 is 0 Å². The number of allylic oxidation sites excluding steroid dienone is 8. The van der Waals surface area contributed by atoms with Crippen LogP contribution in [0.2, 0.25) is 0 Å². The topological polar surface area (TPSA) is 43.4 Å². The molecule has 0 spiro atoms. The van der Waals surface area contributed by atoms with Crippen molar-refractivity contribution in [2.24, 2.45) is 0 Å². The predicted octanol–water partition coefficient (Wildman–Crippen LogP) is 13.2. The molecule has 0 atom stereocenters. The number of carbonyl (C=O) groups is 2. The van der Waals surface area contributed by atoms with Crippen molar-refractivity contribution in [1.82, 2.24) is 0 Å². The Hall–Kier alpha value is -1.90. The third-order valence-corrected chi connectivity index (χ3v) is 7.92. The molecule has 0 saturated carbocycles. The highest BCUT2D eigenvalue weighted by atomic mass is 16.6. The average molecular weight is 599 g/mol.